The molecule has 160 valence electrons. The van der Waals surface area contributed by atoms with E-state index >= 15 is 0 Å². The molecule has 30 heavy (non-hydrogen) atoms. The van der Waals surface area contributed by atoms with E-state index in [0.29, 0.717) is 18.7 Å². The van der Waals surface area contributed by atoms with Gasteiger partial charge in [0.25, 0.3) is 5.92 Å². The molecule has 0 spiro atoms. The average Bonchev–Trinajstić information content (AvgIpc) is 2.71. The largest absolute Gasteiger partial charge is 0.434 e. The number of halogens is 2. The SMILES string of the molecule is CCc1cc(-c2ncnc3c2[C@H](C(C)(F)F)OC(=O)N3)nc(N2CCN[C@@H](C)C2)c1. The van der Waals surface area contributed by atoms with Gasteiger partial charge >= 0.3 is 6.09 Å². The molecule has 4 heterocycles. The highest BCUT2D eigenvalue weighted by Gasteiger charge is 2.45. The monoisotopic (exact) mass is 418 g/mol. The lowest BCUT2D eigenvalue weighted by Gasteiger charge is -2.33. The Labute approximate surface area is 173 Å². The van der Waals surface area contributed by atoms with E-state index in [0.717, 1.165) is 37.4 Å². The minimum absolute atomic E-state index is 0.0174. The average molecular weight is 418 g/mol. The number of rotatable bonds is 4. The number of ether oxygens (including phenoxy) is 1. The molecule has 4 rings (SSSR count). The van der Waals surface area contributed by atoms with Crippen LogP contribution in [0.1, 0.15) is 38.0 Å². The van der Waals surface area contributed by atoms with E-state index in [1.165, 1.54) is 6.33 Å². The van der Waals surface area contributed by atoms with Gasteiger partial charge in [-0.3, -0.25) is 5.32 Å². The molecule has 2 aliphatic heterocycles. The molecule has 2 aliphatic rings. The quantitative estimate of drug-likeness (QED) is 0.788. The van der Waals surface area contributed by atoms with Crippen LogP contribution in [0.5, 0.6) is 0 Å². The highest BCUT2D eigenvalue weighted by molar-refractivity contribution is 5.88. The molecule has 0 bridgehead atoms. The van der Waals surface area contributed by atoms with E-state index in [-0.39, 0.29) is 17.1 Å². The van der Waals surface area contributed by atoms with E-state index in [4.69, 9.17) is 9.72 Å². The van der Waals surface area contributed by atoms with Crippen LogP contribution in [0.4, 0.5) is 25.2 Å². The molecule has 0 saturated carbocycles. The first-order chi connectivity index (χ1) is 14.3. The Morgan fingerprint density at radius 1 is 1.33 bits per heavy atom. The number of amides is 1. The van der Waals surface area contributed by atoms with Crippen molar-refractivity contribution in [2.24, 2.45) is 0 Å². The molecule has 1 fully saturated rings. The minimum atomic E-state index is -3.31. The lowest BCUT2D eigenvalue weighted by molar-refractivity contribution is -0.0985. The zero-order chi connectivity index (χ0) is 21.5. The number of nitrogens with zero attached hydrogens (tertiary/aromatic N) is 4. The zero-order valence-corrected chi connectivity index (χ0v) is 17.1. The molecule has 0 radical (unpaired) electrons. The van der Waals surface area contributed by atoms with Crippen molar-refractivity contribution in [3.8, 4) is 11.4 Å². The van der Waals surface area contributed by atoms with Gasteiger partial charge in [0.05, 0.1) is 11.3 Å². The summed E-state index contributed by atoms with van der Waals surface area (Å²) < 4.78 is 33.6. The number of nitrogens with one attached hydrogen (secondary N) is 2. The molecule has 0 unspecified atom stereocenters. The second-order valence-corrected chi connectivity index (χ2v) is 7.72. The zero-order valence-electron chi connectivity index (χ0n) is 17.1. The summed E-state index contributed by atoms with van der Waals surface area (Å²) in [5, 5.41) is 5.79. The molecule has 2 atom stereocenters. The molecule has 2 N–H and O–H groups in total. The van der Waals surface area contributed by atoms with Gasteiger partial charge in [0.1, 0.15) is 23.7 Å². The van der Waals surface area contributed by atoms with Gasteiger partial charge in [0, 0.05) is 32.6 Å². The number of alkyl halides is 2. The summed E-state index contributed by atoms with van der Waals surface area (Å²) in [6, 6.07) is 4.16. The highest BCUT2D eigenvalue weighted by atomic mass is 19.3. The van der Waals surface area contributed by atoms with Crippen LogP contribution in [-0.2, 0) is 11.2 Å². The van der Waals surface area contributed by atoms with Crippen LogP contribution in [0.3, 0.4) is 0 Å². The van der Waals surface area contributed by atoms with Gasteiger partial charge < -0.3 is 15.0 Å². The smallest absolute Gasteiger partial charge is 0.413 e. The Morgan fingerprint density at radius 2 is 2.13 bits per heavy atom. The molecule has 2 aromatic heterocycles. The van der Waals surface area contributed by atoms with Crippen molar-refractivity contribution in [1.29, 1.82) is 0 Å². The van der Waals surface area contributed by atoms with Crippen LogP contribution in [0.25, 0.3) is 11.4 Å². The van der Waals surface area contributed by atoms with Gasteiger partial charge in [-0.1, -0.05) is 6.92 Å². The lowest BCUT2D eigenvalue weighted by Crippen LogP contribution is -2.49. The van der Waals surface area contributed by atoms with Crippen molar-refractivity contribution in [2.45, 2.75) is 45.3 Å². The van der Waals surface area contributed by atoms with Gasteiger partial charge in [-0.25, -0.2) is 28.5 Å². The predicted octanol–water partition coefficient (Wildman–Crippen LogP) is 3.16. The van der Waals surface area contributed by atoms with Crippen LogP contribution >= 0.6 is 0 Å². The highest BCUT2D eigenvalue weighted by Crippen LogP contribution is 2.43. The summed E-state index contributed by atoms with van der Waals surface area (Å²) in [7, 11) is 0. The standard InChI is InChI=1S/C20H24F2N6O2/c1-4-12-7-13(26-14(8-12)28-6-5-23-11(2)9-28)16-15-17(20(3,21)22)30-19(29)27-18(15)25-10-24-16/h7-8,10-11,17,23H,4-6,9H2,1-3H3,(H,24,25,27,29)/t11-,17+/m0/s1. The van der Waals surface area contributed by atoms with Gasteiger partial charge in [0.15, 0.2) is 6.10 Å². The number of fused-ring (bicyclic) bond motifs is 1. The fourth-order valence-corrected chi connectivity index (χ4v) is 3.80. The van der Waals surface area contributed by atoms with Crippen molar-refractivity contribution < 1.29 is 18.3 Å². The minimum Gasteiger partial charge on any atom is -0.434 e. The van der Waals surface area contributed by atoms with E-state index < -0.39 is 18.1 Å². The number of pyridine rings is 1. The predicted molar refractivity (Wildman–Crippen MR) is 108 cm³/mol. The van der Waals surface area contributed by atoms with Crippen molar-refractivity contribution in [3.63, 3.8) is 0 Å². The summed E-state index contributed by atoms with van der Waals surface area (Å²) in [4.78, 5) is 26.9. The van der Waals surface area contributed by atoms with Gasteiger partial charge in [-0.05, 0) is 31.0 Å². The number of carbonyl (C=O) groups excluding carboxylic acids is 1. The fraction of sp³-hybridized carbons (Fsp3) is 0.500. The molecule has 1 amide bonds. The van der Waals surface area contributed by atoms with E-state index in [1.54, 1.807) is 0 Å². The molecular formula is C20H24F2N6O2. The van der Waals surface area contributed by atoms with Crippen LogP contribution in [0.15, 0.2) is 18.5 Å². The van der Waals surface area contributed by atoms with Crippen molar-refractivity contribution >= 4 is 17.7 Å². The summed E-state index contributed by atoms with van der Waals surface area (Å²) in [6.45, 7) is 7.25. The number of hydrogen-bond acceptors (Lipinski definition) is 7. The normalized spacial score (nSPS) is 21.6. The molecule has 1 saturated heterocycles. The Morgan fingerprint density at radius 3 is 2.83 bits per heavy atom. The molecule has 8 nitrogen and oxygen atoms in total. The van der Waals surface area contributed by atoms with Crippen LogP contribution in [0.2, 0.25) is 0 Å². The third-order valence-electron chi connectivity index (χ3n) is 5.27. The molecular weight excluding hydrogens is 394 g/mol. The third-order valence-corrected chi connectivity index (χ3v) is 5.27. The van der Waals surface area contributed by atoms with E-state index in [1.807, 2.05) is 19.1 Å². The lowest BCUT2D eigenvalue weighted by atomic mass is 9.99. The first-order valence-corrected chi connectivity index (χ1v) is 9.96. The number of carbonyl (C=O) groups is 1. The van der Waals surface area contributed by atoms with Crippen molar-refractivity contribution in [3.05, 3.63) is 29.6 Å². The van der Waals surface area contributed by atoms with Crippen LogP contribution < -0.4 is 15.5 Å². The maximum absolute atomic E-state index is 14.3. The Hall–Kier alpha value is -2.88. The number of aryl methyl sites for hydroxylation is 1. The van der Waals surface area contributed by atoms with Gasteiger partial charge in [0.2, 0.25) is 0 Å². The maximum atomic E-state index is 14.3. The van der Waals surface area contributed by atoms with Crippen molar-refractivity contribution in [1.82, 2.24) is 20.3 Å². The van der Waals surface area contributed by atoms with E-state index in [9.17, 15) is 13.6 Å². The topological polar surface area (TPSA) is 92.3 Å². The number of cyclic esters (lactones) is 1. The Balaban J connectivity index is 1.84. The third kappa shape index (κ3) is 3.91. The first kappa shape index (κ1) is 20.4. The van der Waals surface area contributed by atoms with Crippen LogP contribution in [0, 0.1) is 0 Å². The number of aromatic nitrogens is 3. The number of piperazine rings is 1. The maximum Gasteiger partial charge on any atom is 0.413 e. The summed E-state index contributed by atoms with van der Waals surface area (Å²) in [5.41, 5.74) is 1.72. The fourth-order valence-electron chi connectivity index (χ4n) is 3.80. The number of hydrogen-bond donors (Lipinski definition) is 2. The molecule has 2 aromatic rings. The van der Waals surface area contributed by atoms with Crippen molar-refractivity contribution in [2.75, 3.05) is 29.9 Å². The molecule has 0 aliphatic carbocycles. The molecule has 0 aromatic carbocycles. The summed E-state index contributed by atoms with van der Waals surface area (Å²) in [5.74, 6) is -2.53. The second-order valence-electron chi connectivity index (χ2n) is 7.72. The Bertz CT molecular complexity index is 965. The first-order valence-electron chi connectivity index (χ1n) is 9.96. The second kappa shape index (κ2) is 7.75. The number of anilines is 2. The Kier molecular flexibility index (Phi) is 5.27. The summed E-state index contributed by atoms with van der Waals surface area (Å²) >= 11 is 0. The summed E-state index contributed by atoms with van der Waals surface area (Å²) in [6.07, 6.45) is -0.785. The van der Waals surface area contributed by atoms with Gasteiger partial charge in [-0.15, -0.1) is 0 Å². The van der Waals surface area contributed by atoms with E-state index in [2.05, 4.69) is 32.4 Å². The molecule has 10 heteroatoms. The van der Waals surface area contributed by atoms with Gasteiger partial charge in [-0.2, -0.15) is 0 Å². The van der Waals surface area contributed by atoms with Crippen LogP contribution in [-0.4, -0.2) is 52.6 Å².